The van der Waals surface area contributed by atoms with Gasteiger partial charge < -0.3 is 9.64 Å². The highest BCUT2D eigenvalue weighted by molar-refractivity contribution is 7.18. The summed E-state index contributed by atoms with van der Waals surface area (Å²) in [5.74, 6) is 0.912. The first-order valence-electron chi connectivity index (χ1n) is 7.46. The molecule has 3 rings (SSSR count). The number of fused-ring (bicyclic) bond motifs is 1. The molecule has 1 unspecified atom stereocenters. The van der Waals surface area contributed by atoms with Crippen LogP contribution in [0.3, 0.4) is 0 Å². The van der Waals surface area contributed by atoms with Crippen molar-refractivity contribution >= 4 is 39.0 Å². The number of hydrogen-bond acceptors (Lipinski definition) is 5. The maximum absolute atomic E-state index is 6.09. The molecule has 1 atom stereocenters. The third-order valence-electron chi connectivity index (χ3n) is 3.86. The van der Waals surface area contributed by atoms with Crippen LogP contribution in [0.15, 0.2) is 6.07 Å². The van der Waals surface area contributed by atoms with Gasteiger partial charge in [0, 0.05) is 25.1 Å². The lowest BCUT2D eigenvalue weighted by molar-refractivity contribution is 0.0215. The molecule has 0 N–H and O–H groups in total. The minimum absolute atomic E-state index is 0.289. The molecule has 0 spiro atoms. The summed E-state index contributed by atoms with van der Waals surface area (Å²) >= 11 is 7.79. The predicted octanol–water partition coefficient (Wildman–Crippen LogP) is 3.91. The molecule has 1 saturated heterocycles. The molecule has 4 nitrogen and oxygen atoms in total. The van der Waals surface area contributed by atoms with Crippen molar-refractivity contribution in [3.63, 3.8) is 0 Å². The molecule has 0 radical (unpaired) electrons. The number of likely N-dealkylation sites (N-methyl/N-ethyl adjacent to an activating group) is 1. The molecule has 0 saturated carbocycles. The smallest absolute Gasteiger partial charge is 0.225 e. The first-order valence-corrected chi connectivity index (χ1v) is 8.65. The van der Waals surface area contributed by atoms with Gasteiger partial charge in [-0.3, -0.25) is 0 Å². The Labute approximate surface area is 134 Å². The molecule has 0 bridgehead atoms. The van der Waals surface area contributed by atoms with Crippen LogP contribution in [0.4, 0.5) is 5.82 Å². The zero-order valence-corrected chi connectivity index (χ0v) is 14.0. The largest absolute Gasteiger partial charge is 0.376 e. The third-order valence-corrected chi connectivity index (χ3v) is 5.20. The molecule has 1 fully saturated rings. The van der Waals surface area contributed by atoms with Gasteiger partial charge in [-0.2, -0.15) is 4.98 Å². The Morgan fingerprint density at radius 2 is 2.29 bits per heavy atom. The number of anilines is 1. The summed E-state index contributed by atoms with van der Waals surface area (Å²) < 4.78 is 5.82. The van der Waals surface area contributed by atoms with Crippen molar-refractivity contribution in [3.8, 4) is 0 Å². The van der Waals surface area contributed by atoms with Gasteiger partial charge in [-0.1, -0.05) is 6.92 Å². The maximum Gasteiger partial charge on any atom is 0.225 e. The lowest BCUT2D eigenvalue weighted by Gasteiger charge is -2.28. The number of thiophene rings is 1. The molecule has 2 aromatic rings. The van der Waals surface area contributed by atoms with Gasteiger partial charge in [-0.05, 0) is 43.4 Å². The molecule has 0 aromatic carbocycles. The van der Waals surface area contributed by atoms with Crippen molar-refractivity contribution < 1.29 is 4.74 Å². The molecular formula is C15H20ClN3OS. The van der Waals surface area contributed by atoms with Crippen LogP contribution < -0.4 is 4.90 Å². The van der Waals surface area contributed by atoms with Gasteiger partial charge in [0.05, 0.1) is 11.5 Å². The van der Waals surface area contributed by atoms with E-state index in [9.17, 15) is 0 Å². The highest BCUT2D eigenvalue weighted by atomic mass is 35.5. The Balaban J connectivity index is 1.88. The minimum Gasteiger partial charge on any atom is -0.376 e. The summed E-state index contributed by atoms with van der Waals surface area (Å²) in [6.45, 7) is 3.87. The van der Waals surface area contributed by atoms with Crippen LogP contribution in [0.2, 0.25) is 5.28 Å². The van der Waals surface area contributed by atoms with Gasteiger partial charge in [-0.15, -0.1) is 11.3 Å². The molecule has 21 heavy (non-hydrogen) atoms. The van der Waals surface area contributed by atoms with E-state index < -0.39 is 0 Å². The molecule has 0 amide bonds. The summed E-state index contributed by atoms with van der Waals surface area (Å²) in [4.78, 5) is 13.2. The van der Waals surface area contributed by atoms with E-state index in [1.807, 2.05) is 0 Å². The number of halogens is 1. The van der Waals surface area contributed by atoms with Crippen LogP contribution in [-0.4, -0.2) is 36.3 Å². The van der Waals surface area contributed by atoms with E-state index in [0.717, 1.165) is 42.0 Å². The third kappa shape index (κ3) is 3.30. The van der Waals surface area contributed by atoms with Gasteiger partial charge in [0.1, 0.15) is 10.6 Å². The van der Waals surface area contributed by atoms with Crippen molar-refractivity contribution in [2.24, 2.45) is 0 Å². The van der Waals surface area contributed by atoms with E-state index in [1.165, 1.54) is 17.7 Å². The van der Waals surface area contributed by atoms with Crippen LogP contribution in [0.25, 0.3) is 10.2 Å². The predicted molar refractivity (Wildman–Crippen MR) is 88.7 cm³/mol. The Morgan fingerprint density at radius 3 is 3.00 bits per heavy atom. The summed E-state index contributed by atoms with van der Waals surface area (Å²) in [6.07, 6.45) is 4.84. The van der Waals surface area contributed by atoms with Crippen molar-refractivity contribution in [1.29, 1.82) is 0 Å². The van der Waals surface area contributed by atoms with Gasteiger partial charge >= 0.3 is 0 Å². The second-order valence-corrected chi connectivity index (χ2v) is 6.92. The van der Waals surface area contributed by atoms with Crippen molar-refractivity contribution in [2.75, 3.05) is 25.1 Å². The monoisotopic (exact) mass is 325 g/mol. The SMILES string of the molecule is CCc1cc2c(N(C)CC3CCCCO3)nc(Cl)nc2s1. The van der Waals surface area contributed by atoms with Crippen LogP contribution in [-0.2, 0) is 11.2 Å². The van der Waals surface area contributed by atoms with Crippen LogP contribution in [0.1, 0.15) is 31.1 Å². The van der Waals surface area contributed by atoms with E-state index >= 15 is 0 Å². The van der Waals surface area contributed by atoms with Gasteiger partial charge in [0.15, 0.2) is 0 Å². The summed E-state index contributed by atoms with van der Waals surface area (Å²) in [7, 11) is 2.05. The summed E-state index contributed by atoms with van der Waals surface area (Å²) in [6, 6.07) is 2.18. The molecule has 6 heteroatoms. The van der Waals surface area contributed by atoms with E-state index in [2.05, 4.69) is 34.9 Å². The topological polar surface area (TPSA) is 38.2 Å². The average molecular weight is 326 g/mol. The zero-order chi connectivity index (χ0) is 14.8. The molecule has 3 heterocycles. The first-order chi connectivity index (χ1) is 10.2. The fourth-order valence-corrected chi connectivity index (χ4v) is 3.92. The number of ether oxygens (including phenoxy) is 1. The van der Waals surface area contributed by atoms with Gasteiger partial charge in [0.2, 0.25) is 5.28 Å². The molecule has 114 valence electrons. The quantitative estimate of drug-likeness (QED) is 0.799. The Morgan fingerprint density at radius 1 is 1.43 bits per heavy atom. The maximum atomic E-state index is 6.09. The normalized spacial score (nSPS) is 19.1. The number of hydrogen-bond donors (Lipinski definition) is 0. The van der Waals surface area contributed by atoms with Crippen LogP contribution in [0, 0.1) is 0 Å². The minimum atomic E-state index is 0.289. The fraction of sp³-hybridized carbons (Fsp3) is 0.600. The second-order valence-electron chi connectivity index (χ2n) is 5.47. The Hall–Kier alpha value is -0.910. The standard InChI is InChI=1S/C15H20ClN3OS/c1-3-11-8-12-13(17-15(16)18-14(12)21-11)19(2)9-10-6-4-5-7-20-10/h8,10H,3-7,9H2,1-2H3. The van der Waals surface area contributed by atoms with Crippen molar-refractivity contribution in [2.45, 2.75) is 38.7 Å². The molecule has 0 aliphatic carbocycles. The van der Waals surface area contributed by atoms with Crippen molar-refractivity contribution in [1.82, 2.24) is 9.97 Å². The molecular weight excluding hydrogens is 306 g/mol. The van der Waals surface area contributed by atoms with Crippen LogP contribution in [0.5, 0.6) is 0 Å². The van der Waals surface area contributed by atoms with Gasteiger partial charge in [-0.25, -0.2) is 4.98 Å². The van der Waals surface area contributed by atoms with Crippen molar-refractivity contribution in [3.05, 3.63) is 16.2 Å². The van der Waals surface area contributed by atoms with E-state index in [0.29, 0.717) is 5.28 Å². The highest BCUT2D eigenvalue weighted by Gasteiger charge is 2.19. The summed E-state index contributed by atoms with van der Waals surface area (Å²) in [5, 5.41) is 1.41. The lowest BCUT2D eigenvalue weighted by atomic mass is 10.1. The first kappa shape index (κ1) is 15.0. The van der Waals surface area contributed by atoms with Crippen LogP contribution >= 0.6 is 22.9 Å². The second kappa shape index (κ2) is 6.46. The molecule has 1 aliphatic heterocycles. The zero-order valence-electron chi connectivity index (χ0n) is 12.4. The summed E-state index contributed by atoms with van der Waals surface area (Å²) in [5.41, 5.74) is 0. The van der Waals surface area contributed by atoms with E-state index in [4.69, 9.17) is 16.3 Å². The van der Waals surface area contributed by atoms with E-state index in [-0.39, 0.29) is 6.10 Å². The number of aromatic nitrogens is 2. The Kier molecular flexibility index (Phi) is 4.62. The highest BCUT2D eigenvalue weighted by Crippen LogP contribution is 2.32. The fourth-order valence-electron chi connectivity index (χ4n) is 2.74. The molecule has 1 aliphatic rings. The lowest BCUT2D eigenvalue weighted by Crippen LogP contribution is -2.33. The molecule has 2 aromatic heterocycles. The Bertz CT molecular complexity index is 625. The number of nitrogens with zero attached hydrogens (tertiary/aromatic N) is 3. The average Bonchev–Trinajstić information content (AvgIpc) is 2.90. The van der Waals surface area contributed by atoms with E-state index in [1.54, 1.807) is 11.3 Å². The number of rotatable bonds is 4. The van der Waals surface area contributed by atoms with Gasteiger partial charge in [0.25, 0.3) is 0 Å². The number of aryl methyl sites for hydroxylation is 1.